The number of aliphatic hydroxyl groups is 1. The second-order valence-electron chi connectivity index (χ2n) is 13.6. The molecule has 0 saturated carbocycles. The molecule has 0 aliphatic rings. The van der Waals surface area contributed by atoms with Crippen molar-refractivity contribution >= 4 is 19.7 Å². The number of rotatable bonds is 38. The number of carbonyl (C=O) groups excluding carboxylic acids is 2. The van der Waals surface area contributed by atoms with Crippen LogP contribution in [0, 0.1) is 0 Å². The molecule has 0 bridgehead atoms. The van der Waals surface area contributed by atoms with Gasteiger partial charge in [-0.3, -0.25) is 18.6 Å². The van der Waals surface area contributed by atoms with E-state index in [1.807, 2.05) is 0 Å². The van der Waals surface area contributed by atoms with Crippen molar-refractivity contribution < 1.29 is 37.9 Å². The zero-order valence-corrected chi connectivity index (χ0v) is 32.1. The smallest absolute Gasteiger partial charge is 0.463 e. The van der Waals surface area contributed by atoms with Gasteiger partial charge in [0.2, 0.25) is 5.91 Å². The number of hydrogen-bond acceptors (Lipinski definition) is 7. The molecule has 286 valence electrons. The van der Waals surface area contributed by atoms with Crippen LogP contribution < -0.4 is 5.32 Å². The normalized spacial score (nSPS) is 13.3. The molecule has 0 aromatic rings. The van der Waals surface area contributed by atoms with E-state index in [1.54, 1.807) is 0 Å². The number of carbonyl (C=O) groups is 2. The topological polar surface area (TPSA) is 131 Å². The molecule has 0 fully saturated rings. The molecule has 0 heterocycles. The predicted octanol–water partition coefficient (Wildman–Crippen LogP) is 10.5. The van der Waals surface area contributed by atoms with E-state index in [1.165, 1.54) is 135 Å². The largest absolute Gasteiger partial charge is 0.472 e. The maximum Gasteiger partial charge on any atom is 0.472 e. The number of hydrogen-bond donors (Lipinski definition) is 3. The van der Waals surface area contributed by atoms with Crippen LogP contribution in [0.2, 0.25) is 0 Å². The number of esters is 1. The van der Waals surface area contributed by atoms with E-state index in [0.717, 1.165) is 38.5 Å². The van der Waals surface area contributed by atoms with Gasteiger partial charge in [0, 0.05) is 19.4 Å². The first kappa shape index (κ1) is 47.0. The minimum absolute atomic E-state index is 0.0881. The van der Waals surface area contributed by atoms with Crippen molar-refractivity contribution in [2.45, 2.75) is 206 Å². The fourth-order valence-electron chi connectivity index (χ4n) is 5.73. The highest BCUT2D eigenvalue weighted by Gasteiger charge is 2.23. The fourth-order valence-corrected chi connectivity index (χ4v) is 6.49. The Morgan fingerprint density at radius 2 is 0.938 bits per heavy atom. The van der Waals surface area contributed by atoms with Gasteiger partial charge in [-0.2, -0.15) is 0 Å². The first-order valence-corrected chi connectivity index (χ1v) is 21.5. The van der Waals surface area contributed by atoms with Crippen LogP contribution >= 0.6 is 7.82 Å². The average molecular weight is 706 g/mol. The number of ether oxygens (including phenoxy) is 1. The summed E-state index contributed by atoms with van der Waals surface area (Å²) < 4.78 is 26.7. The van der Waals surface area contributed by atoms with Crippen LogP contribution in [0.1, 0.15) is 200 Å². The summed E-state index contributed by atoms with van der Waals surface area (Å²) in [6, 6.07) is 0. The second-order valence-corrected chi connectivity index (χ2v) is 15.1. The van der Waals surface area contributed by atoms with E-state index in [0.29, 0.717) is 6.42 Å². The Bertz CT molecular complexity index is 769. The predicted molar refractivity (Wildman–Crippen MR) is 197 cm³/mol. The lowest BCUT2D eigenvalue weighted by molar-refractivity contribution is -0.147. The van der Waals surface area contributed by atoms with E-state index < -0.39 is 26.5 Å². The lowest BCUT2D eigenvalue weighted by atomic mass is 10.0. The van der Waals surface area contributed by atoms with Gasteiger partial charge in [-0.15, -0.1) is 0 Å². The van der Waals surface area contributed by atoms with Gasteiger partial charge in [0.05, 0.1) is 13.2 Å². The molecule has 0 aromatic carbocycles. The van der Waals surface area contributed by atoms with Crippen molar-refractivity contribution in [1.29, 1.82) is 0 Å². The van der Waals surface area contributed by atoms with Crippen molar-refractivity contribution in [3.05, 3.63) is 0 Å². The van der Waals surface area contributed by atoms with E-state index in [-0.39, 0.29) is 32.1 Å². The lowest BCUT2D eigenvalue weighted by Gasteiger charge is -2.15. The third kappa shape index (κ3) is 36.3. The fraction of sp³-hybridized carbons (Fsp3) is 0.947. The van der Waals surface area contributed by atoms with E-state index in [9.17, 15) is 24.2 Å². The zero-order valence-electron chi connectivity index (χ0n) is 31.2. The van der Waals surface area contributed by atoms with Crippen LogP contribution in [0.15, 0.2) is 0 Å². The highest BCUT2D eigenvalue weighted by atomic mass is 31.2. The zero-order chi connectivity index (χ0) is 35.4. The summed E-state index contributed by atoms with van der Waals surface area (Å²) >= 11 is 0. The summed E-state index contributed by atoms with van der Waals surface area (Å²) in [4.78, 5) is 33.7. The number of aliphatic hydroxyl groups excluding tert-OH is 1. The van der Waals surface area contributed by atoms with Crippen molar-refractivity contribution in [2.24, 2.45) is 0 Å². The SMILES string of the molecule is CCCCCCCCCCCCCCCCCCCCCC(=O)NCCOP(=O)(O)OCC(O)COC(=O)CCCCCCCCCC. The van der Waals surface area contributed by atoms with Crippen LogP contribution in [0.4, 0.5) is 0 Å². The minimum Gasteiger partial charge on any atom is -0.463 e. The van der Waals surface area contributed by atoms with Crippen molar-refractivity contribution in [3.8, 4) is 0 Å². The molecule has 48 heavy (non-hydrogen) atoms. The van der Waals surface area contributed by atoms with Crippen LogP contribution in [0.3, 0.4) is 0 Å². The molecule has 2 atom stereocenters. The Kier molecular flexibility index (Phi) is 35.1. The molecule has 3 N–H and O–H groups in total. The van der Waals surface area contributed by atoms with Crippen LogP contribution in [-0.4, -0.2) is 54.3 Å². The van der Waals surface area contributed by atoms with Crippen molar-refractivity contribution in [1.82, 2.24) is 5.32 Å². The molecule has 1 amide bonds. The maximum atomic E-state index is 12.0. The molecular formula is C38H76NO8P. The first-order valence-electron chi connectivity index (χ1n) is 20.0. The summed E-state index contributed by atoms with van der Waals surface area (Å²) in [5.41, 5.74) is 0. The summed E-state index contributed by atoms with van der Waals surface area (Å²) in [5, 5.41) is 12.6. The quantitative estimate of drug-likeness (QED) is 0.0329. The number of phosphoric ester groups is 1. The van der Waals surface area contributed by atoms with Gasteiger partial charge < -0.3 is 20.1 Å². The number of phosphoric acid groups is 1. The Hall–Kier alpha value is -0.990. The molecular weight excluding hydrogens is 629 g/mol. The molecule has 0 radical (unpaired) electrons. The Morgan fingerprint density at radius 3 is 1.35 bits per heavy atom. The summed E-state index contributed by atoms with van der Waals surface area (Å²) in [7, 11) is -4.40. The first-order chi connectivity index (χ1) is 23.3. The van der Waals surface area contributed by atoms with Gasteiger partial charge in [-0.25, -0.2) is 4.57 Å². The summed E-state index contributed by atoms with van der Waals surface area (Å²) in [5.74, 6) is -0.511. The van der Waals surface area contributed by atoms with Crippen LogP contribution in [0.5, 0.6) is 0 Å². The molecule has 0 aliphatic heterocycles. The Morgan fingerprint density at radius 1 is 0.562 bits per heavy atom. The standard InChI is InChI=1S/C38H76NO8P/c1-3-5-7-9-11-13-14-15-16-17-18-19-20-21-22-23-24-26-28-30-37(41)39-32-33-46-48(43,44)47-35-36(40)34-45-38(42)31-29-27-25-12-10-8-6-4-2/h36,40H,3-35H2,1-2H3,(H,39,41)(H,43,44). The highest BCUT2D eigenvalue weighted by molar-refractivity contribution is 7.47. The van der Waals surface area contributed by atoms with Gasteiger partial charge in [-0.1, -0.05) is 174 Å². The molecule has 10 heteroatoms. The summed E-state index contributed by atoms with van der Waals surface area (Å²) in [6.45, 7) is 3.54. The Balaban J connectivity index is 3.53. The highest BCUT2D eigenvalue weighted by Crippen LogP contribution is 2.42. The third-order valence-electron chi connectivity index (χ3n) is 8.79. The molecule has 0 rings (SSSR count). The maximum absolute atomic E-state index is 12.0. The van der Waals surface area contributed by atoms with Gasteiger partial charge in [0.25, 0.3) is 0 Å². The van der Waals surface area contributed by atoms with Gasteiger partial charge in [-0.05, 0) is 12.8 Å². The molecule has 0 aromatic heterocycles. The number of amides is 1. The van der Waals surface area contributed by atoms with E-state index in [2.05, 4.69) is 19.2 Å². The van der Waals surface area contributed by atoms with Gasteiger partial charge >= 0.3 is 13.8 Å². The van der Waals surface area contributed by atoms with Gasteiger partial charge in [0.1, 0.15) is 12.7 Å². The minimum atomic E-state index is -4.40. The van der Waals surface area contributed by atoms with Crippen LogP contribution in [-0.2, 0) is 27.9 Å². The average Bonchev–Trinajstić information content (AvgIpc) is 3.07. The third-order valence-corrected chi connectivity index (χ3v) is 9.77. The number of nitrogens with one attached hydrogen (secondary N) is 1. The van der Waals surface area contributed by atoms with E-state index >= 15 is 0 Å². The molecule has 9 nitrogen and oxygen atoms in total. The molecule has 2 unspecified atom stereocenters. The van der Waals surface area contributed by atoms with Crippen LogP contribution in [0.25, 0.3) is 0 Å². The Labute approximate surface area is 295 Å². The molecule has 0 saturated heterocycles. The lowest BCUT2D eigenvalue weighted by Crippen LogP contribution is -2.27. The summed E-state index contributed by atoms with van der Waals surface area (Å²) in [6.07, 6.45) is 33.4. The molecule has 0 spiro atoms. The molecule has 0 aliphatic carbocycles. The monoisotopic (exact) mass is 706 g/mol. The number of unbranched alkanes of at least 4 members (excludes halogenated alkanes) is 25. The van der Waals surface area contributed by atoms with Crippen molar-refractivity contribution in [3.63, 3.8) is 0 Å². The van der Waals surface area contributed by atoms with E-state index in [4.69, 9.17) is 13.8 Å². The second kappa shape index (κ2) is 35.8. The van der Waals surface area contributed by atoms with Crippen molar-refractivity contribution in [2.75, 3.05) is 26.4 Å². The van der Waals surface area contributed by atoms with Gasteiger partial charge in [0.15, 0.2) is 0 Å².